The first kappa shape index (κ1) is 20.7. The van der Waals surface area contributed by atoms with Gasteiger partial charge in [0.1, 0.15) is 11.3 Å². The molecule has 0 saturated heterocycles. The number of hydrogen-bond acceptors (Lipinski definition) is 3. The molecule has 2 aromatic carbocycles. The Labute approximate surface area is 168 Å². The lowest BCUT2D eigenvalue weighted by Gasteiger charge is -2.14. The van der Waals surface area contributed by atoms with E-state index in [0.29, 0.717) is 17.8 Å². The van der Waals surface area contributed by atoms with Crippen LogP contribution in [0.4, 0.5) is 18.9 Å². The molecule has 0 bridgehead atoms. The molecule has 0 fully saturated rings. The molecular formula is C20H16ClF3N2O3. The van der Waals surface area contributed by atoms with Crippen LogP contribution in [0, 0.1) is 0 Å². The summed E-state index contributed by atoms with van der Waals surface area (Å²) in [5, 5.41) is 2.49. The maximum atomic E-state index is 12.9. The second kappa shape index (κ2) is 7.79. The second-order valence-electron chi connectivity index (χ2n) is 6.19. The molecule has 1 heterocycles. The maximum absolute atomic E-state index is 12.9. The standard InChI is InChI=1S/C20H16ClF3N2O3/c1-3-26-10-14(18(27)13-9-12(29-2)5-7-17(13)26)19(28)25-16-8-11(20(22,23)24)4-6-15(16)21/h4-10H,3H2,1-2H3,(H,25,28). The molecule has 0 radical (unpaired) electrons. The quantitative estimate of drug-likeness (QED) is 0.644. The van der Waals surface area contributed by atoms with E-state index in [0.717, 1.165) is 18.2 Å². The summed E-state index contributed by atoms with van der Waals surface area (Å²) in [5.41, 5.74) is -1.39. The van der Waals surface area contributed by atoms with Crippen molar-refractivity contribution in [1.82, 2.24) is 4.57 Å². The number of carbonyl (C=O) groups is 1. The zero-order chi connectivity index (χ0) is 21.3. The number of hydrogen-bond donors (Lipinski definition) is 1. The van der Waals surface area contributed by atoms with Gasteiger partial charge in [-0.15, -0.1) is 0 Å². The molecule has 29 heavy (non-hydrogen) atoms. The van der Waals surface area contributed by atoms with Gasteiger partial charge in [0.15, 0.2) is 0 Å². The zero-order valence-corrected chi connectivity index (χ0v) is 16.2. The summed E-state index contributed by atoms with van der Waals surface area (Å²) in [6, 6.07) is 7.47. The number of methoxy groups -OCH3 is 1. The number of ether oxygens (including phenoxy) is 1. The Morgan fingerprint density at radius 2 is 1.93 bits per heavy atom. The van der Waals surface area contributed by atoms with E-state index in [4.69, 9.17) is 16.3 Å². The SMILES string of the molecule is CCn1cc(C(=O)Nc2cc(C(F)(F)F)ccc2Cl)c(=O)c2cc(OC)ccc21. The molecule has 1 N–H and O–H groups in total. The second-order valence-corrected chi connectivity index (χ2v) is 6.59. The van der Waals surface area contributed by atoms with E-state index in [1.807, 2.05) is 6.92 Å². The lowest BCUT2D eigenvalue weighted by Crippen LogP contribution is -2.24. The molecular weight excluding hydrogens is 409 g/mol. The summed E-state index contributed by atoms with van der Waals surface area (Å²) in [5.74, 6) is -0.418. The molecule has 0 unspecified atom stereocenters. The highest BCUT2D eigenvalue weighted by Gasteiger charge is 2.31. The van der Waals surface area contributed by atoms with Crippen LogP contribution in [0.25, 0.3) is 10.9 Å². The molecule has 9 heteroatoms. The molecule has 3 aromatic rings. The fraction of sp³-hybridized carbons (Fsp3) is 0.200. The Morgan fingerprint density at radius 3 is 2.55 bits per heavy atom. The summed E-state index contributed by atoms with van der Waals surface area (Å²) < 4.78 is 45.7. The highest BCUT2D eigenvalue weighted by Crippen LogP contribution is 2.34. The van der Waals surface area contributed by atoms with Gasteiger partial charge < -0.3 is 14.6 Å². The minimum absolute atomic E-state index is 0.0791. The van der Waals surface area contributed by atoms with Gasteiger partial charge in [0.25, 0.3) is 5.91 Å². The molecule has 152 valence electrons. The molecule has 0 aliphatic rings. The van der Waals surface area contributed by atoms with Crippen molar-refractivity contribution in [3.8, 4) is 5.75 Å². The van der Waals surface area contributed by atoms with Crippen LogP contribution in [-0.2, 0) is 12.7 Å². The van der Waals surface area contributed by atoms with Gasteiger partial charge in [0, 0.05) is 12.7 Å². The van der Waals surface area contributed by atoms with Crippen molar-refractivity contribution in [2.24, 2.45) is 0 Å². The third kappa shape index (κ3) is 4.07. The van der Waals surface area contributed by atoms with Gasteiger partial charge >= 0.3 is 6.18 Å². The van der Waals surface area contributed by atoms with Crippen molar-refractivity contribution in [1.29, 1.82) is 0 Å². The molecule has 0 atom stereocenters. The number of nitrogens with zero attached hydrogens (tertiary/aromatic N) is 1. The molecule has 0 aliphatic heterocycles. The summed E-state index contributed by atoms with van der Waals surface area (Å²) in [6.07, 6.45) is -3.23. The van der Waals surface area contributed by atoms with Crippen LogP contribution in [0.1, 0.15) is 22.8 Å². The van der Waals surface area contributed by atoms with E-state index < -0.39 is 23.1 Å². The normalized spacial score (nSPS) is 11.5. The Balaban J connectivity index is 2.08. The zero-order valence-electron chi connectivity index (χ0n) is 15.4. The van der Waals surface area contributed by atoms with Crippen LogP contribution < -0.4 is 15.5 Å². The third-order valence-electron chi connectivity index (χ3n) is 4.41. The van der Waals surface area contributed by atoms with Crippen molar-refractivity contribution >= 4 is 34.1 Å². The maximum Gasteiger partial charge on any atom is 0.416 e. The molecule has 3 rings (SSSR count). The number of pyridine rings is 1. The Hall–Kier alpha value is -3.00. The Morgan fingerprint density at radius 1 is 1.21 bits per heavy atom. The first-order chi connectivity index (χ1) is 13.7. The van der Waals surface area contributed by atoms with Crippen molar-refractivity contribution in [2.45, 2.75) is 19.6 Å². The topological polar surface area (TPSA) is 60.3 Å². The van der Waals surface area contributed by atoms with Crippen LogP contribution in [0.2, 0.25) is 5.02 Å². The molecule has 1 aromatic heterocycles. The van der Waals surface area contributed by atoms with E-state index in [-0.39, 0.29) is 21.7 Å². The fourth-order valence-electron chi connectivity index (χ4n) is 2.91. The first-order valence-electron chi connectivity index (χ1n) is 8.55. The average molecular weight is 425 g/mol. The summed E-state index contributed by atoms with van der Waals surface area (Å²) >= 11 is 5.93. The third-order valence-corrected chi connectivity index (χ3v) is 4.74. The lowest BCUT2D eigenvalue weighted by molar-refractivity contribution is -0.137. The fourth-order valence-corrected chi connectivity index (χ4v) is 3.08. The molecule has 0 spiro atoms. The number of amides is 1. The number of aromatic nitrogens is 1. The number of anilines is 1. The summed E-state index contributed by atoms with van der Waals surface area (Å²) in [6.45, 7) is 2.30. The largest absolute Gasteiger partial charge is 0.497 e. The molecule has 0 saturated carbocycles. The van der Waals surface area contributed by atoms with E-state index in [1.54, 1.807) is 16.7 Å². The first-order valence-corrected chi connectivity index (χ1v) is 8.92. The number of benzene rings is 2. The highest BCUT2D eigenvalue weighted by atomic mass is 35.5. The minimum Gasteiger partial charge on any atom is -0.497 e. The minimum atomic E-state index is -4.60. The number of aryl methyl sites for hydroxylation is 1. The van der Waals surface area contributed by atoms with Crippen molar-refractivity contribution in [2.75, 3.05) is 12.4 Å². The number of carbonyl (C=O) groups excluding carboxylic acids is 1. The van der Waals surface area contributed by atoms with Crippen LogP contribution in [0.15, 0.2) is 47.4 Å². The van der Waals surface area contributed by atoms with E-state index in [9.17, 15) is 22.8 Å². The summed E-state index contributed by atoms with van der Waals surface area (Å²) in [4.78, 5) is 25.6. The van der Waals surface area contributed by atoms with Crippen LogP contribution >= 0.6 is 11.6 Å². The Bertz CT molecular complexity index is 1160. The van der Waals surface area contributed by atoms with Gasteiger partial charge in [0.2, 0.25) is 5.43 Å². The lowest BCUT2D eigenvalue weighted by atomic mass is 10.1. The van der Waals surface area contributed by atoms with Crippen LogP contribution in [0.5, 0.6) is 5.75 Å². The van der Waals surface area contributed by atoms with Crippen molar-refractivity contribution in [3.05, 3.63) is 69.0 Å². The van der Waals surface area contributed by atoms with Crippen molar-refractivity contribution in [3.63, 3.8) is 0 Å². The van der Waals surface area contributed by atoms with Gasteiger partial charge in [-0.1, -0.05) is 11.6 Å². The molecule has 5 nitrogen and oxygen atoms in total. The number of alkyl halides is 3. The highest BCUT2D eigenvalue weighted by molar-refractivity contribution is 6.34. The number of halogens is 4. The van der Waals surface area contributed by atoms with E-state index >= 15 is 0 Å². The number of nitrogens with one attached hydrogen (secondary N) is 1. The van der Waals surface area contributed by atoms with E-state index in [1.165, 1.54) is 19.4 Å². The average Bonchev–Trinajstić information content (AvgIpc) is 2.68. The van der Waals surface area contributed by atoms with Crippen molar-refractivity contribution < 1.29 is 22.7 Å². The Kier molecular flexibility index (Phi) is 5.57. The van der Waals surface area contributed by atoms with Gasteiger partial charge in [-0.25, -0.2) is 0 Å². The van der Waals surface area contributed by atoms with E-state index in [2.05, 4.69) is 5.32 Å². The summed E-state index contributed by atoms with van der Waals surface area (Å²) in [7, 11) is 1.45. The van der Waals surface area contributed by atoms with Gasteiger partial charge in [-0.3, -0.25) is 9.59 Å². The number of fused-ring (bicyclic) bond motifs is 1. The van der Waals surface area contributed by atoms with Crippen LogP contribution in [-0.4, -0.2) is 17.6 Å². The smallest absolute Gasteiger partial charge is 0.416 e. The number of rotatable bonds is 4. The van der Waals surface area contributed by atoms with Crippen LogP contribution in [0.3, 0.4) is 0 Å². The monoisotopic (exact) mass is 424 g/mol. The molecule has 1 amide bonds. The van der Waals surface area contributed by atoms with Gasteiger partial charge in [-0.05, 0) is 43.3 Å². The molecule has 0 aliphatic carbocycles. The predicted octanol–water partition coefficient (Wildman–Crippen LogP) is 4.95. The van der Waals surface area contributed by atoms with Gasteiger partial charge in [0.05, 0.1) is 34.3 Å². The van der Waals surface area contributed by atoms with Gasteiger partial charge in [-0.2, -0.15) is 13.2 Å². The predicted molar refractivity (Wildman–Crippen MR) is 105 cm³/mol.